The lowest BCUT2D eigenvalue weighted by Crippen LogP contribution is -2.69. The van der Waals surface area contributed by atoms with Crippen molar-refractivity contribution >= 4 is 11.8 Å². The third-order valence-electron chi connectivity index (χ3n) is 9.57. The quantitative estimate of drug-likeness (QED) is 0.0486. The fourth-order valence-corrected chi connectivity index (χ4v) is 6.47. The molecule has 2 amide bonds. The van der Waals surface area contributed by atoms with E-state index in [4.69, 9.17) is 34.2 Å². The van der Waals surface area contributed by atoms with Crippen molar-refractivity contribution in [1.29, 1.82) is 0 Å². The van der Waals surface area contributed by atoms with Gasteiger partial charge in [-0.2, -0.15) is 0 Å². The Morgan fingerprint density at radius 2 is 1.40 bits per heavy atom. The van der Waals surface area contributed by atoms with E-state index < -0.39 is 111 Å². The lowest BCUT2D eigenvalue weighted by atomic mass is 9.95. The van der Waals surface area contributed by atoms with Gasteiger partial charge in [0.25, 0.3) is 0 Å². The van der Waals surface area contributed by atoms with E-state index in [2.05, 4.69) is 16.0 Å². The lowest BCUT2D eigenvalue weighted by molar-refractivity contribution is -0.385. The van der Waals surface area contributed by atoms with Crippen LogP contribution in [0, 0.1) is 0 Å². The number of ether oxygens (including phenoxy) is 6. The number of amides is 2. The Balaban J connectivity index is 1.71. The zero-order valence-electron chi connectivity index (χ0n) is 30.6. The second-order valence-electron chi connectivity index (χ2n) is 13.8. The molecule has 20 nitrogen and oxygen atoms in total. The molecule has 13 N–H and O–H groups in total. The molecule has 3 fully saturated rings. The third-order valence-corrected chi connectivity index (χ3v) is 9.57. The van der Waals surface area contributed by atoms with Crippen molar-refractivity contribution in [1.82, 2.24) is 16.0 Å². The van der Waals surface area contributed by atoms with E-state index in [1.54, 1.807) is 0 Å². The SMILES string of the molecule is CC(=O)N[C@H]1[C@@H](O[C@H]2[C@@H](O)[C@@H](CO)O[C@@H](OCCNC(C)CCCCCCC(=O)NCCN)[C@@H]2O[C@H]2O[C@H](C)[C@H](O)[C@H](O)[C@H]2O)O[C@H](CO)[C@H](O)[C@@H]1O. The predicted molar refractivity (Wildman–Crippen MR) is 182 cm³/mol. The van der Waals surface area contributed by atoms with Crippen LogP contribution in [0.3, 0.4) is 0 Å². The average Bonchev–Trinajstić information content (AvgIpc) is 3.13. The van der Waals surface area contributed by atoms with Crippen LogP contribution in [0.2, 0.25) is 0 Å². The van der Waals surface area contributed by atoms with Crippen LogP contribution < -0.4 is 21.7 Å². The van der Waals surface area contributed by atoms with Gasteiger partial charge in [-0.3, -0.25) is 9.59 Å². The second kappa shape index (κ2) is 22.8. The first-order chi connectivity index (χ1) is 25.2. The van der Waals surface area contributed by atoms with Gasteiger partial charge in [0.05, 0.1) is 25.9 Å². The number of hydrogen-bond acceptors (Lipinski definition) is 18. The molecule has 0 aromatic carbocycles. The summed E-state index contributed by atoms with van der Waals surface area (Å²) in [5.74, 6) is -0.627. The molecular weight excluding hydrogens is 708 g/mol. The highest BCUT2D eigenvalue weighted by Gasteiger charge is 2.54. The number of carbonyl (C=O) groups excluding carboxylic acids is 2. The maximum Gasteiger partial charge on any atom is 0.220 e. The van der Waals surface area contributed by atoms with Gasteiger partial charge in [-0.25, -0.2) is 0 Å². The van der Waals surface area contributed by atoms with Gasteiger partial charge in [0.1, 0.15) is 67.1 Å². The summed E-state index contributed by atoms with van der Waals surface area (Å²) in [4.78, 5) is 23.8. The maximum absolute atomic E-state index is 12.0. The van der Waals surface area contributed by atoms with Crippen molar-refractivity contribution in [3.63, 3.8) is 0 Å². The largest absolute Gasteiger partial charge is 0.394 e. The zero-order valence-corrected chi connectivity index (χ0v) is 30.6. The van der Waals surface area contributed by atoms with Crippen molar-refractivity contribution in [3.8, 4) is 0 Å². The smallest absolute Gasteiger partial charge is 0.220 e. The second-order valence-corrected chi connectivity index (χ2v) is 13.8. The first kappa shape index (κ1) is 45.7. The molecule has 3 heterocycles. The summed E-state index contributed by atoms with van der Waals surface area (Å²) in [5.41, 5.74) is 5.40. The third kappa shape index (κ3) is 13.2. The molecule has 20 heteroatoms. The number of nitrogens with two attached hydrogens (primary N) is 1. The molecule has 310 valence electrons. The fraction of sp³-hybridized carbons (Fsp3) is 0.939. The average molecular weight is 771 g/mol. The van der Waals surface area contributed by atoms with E-state index in [0.29, 0.717) is 26.1 Å². The number of aliphatic hydroxyl groups is 8. The molecule has 3 saturated heterocycles. The van der Waals surface area contributed by atoms with E-state index >= 15 is 0 Å². The summed E-state index contributed by atoms with van der Waals surface area (Å²) in [6.07, 6.45) is -16.4. The Bertz CT molecular complexity index is 1080. The van der Waals surface area contributed by atoms with E-state index in [1.807, 2.05) is 6.92 Å². The van der Waals surface area contributed by atoms with E-state index in [0.717, 1.165) is 39.0 Å². The molecule has 0 aromatic rings. The standard InChI is InChI=1S/C33H62N4O16/c1-16(8-6-4-5-7-9-21(41)36-11-10-34)35-12-13-48-33-30(53-32-28(47)27(46)23(42)17(2)49-32)29(25(44)20(15-39)51-33)52-31-22(37-18(3)40)26(45)24(43)19(14-38)50-31/h16-17,19-20,22-33,35,38-39,42-47H,4-15,34H2,1-3H3,(H,36,41)(H,37,40)/t16?,17-,19-,20-,22-,23+,24+,25+,26-,27+,28-,29+,30-,31-,32-,33-/m1/s1. The van der Waals surface area contributed by atoms with Crippen LogP contribution in [-0.2, 0) is 38.0 Å². The van der Waals surface area contributed by atoms with Gasteiger partial charge in [0.2, 0.25) is 11.8 Å². The molecule has 16 atom stereocenters. The van der Waals surface area contributed by atoms with Crippen LogP contribution in [0.1, 0.15) is 59.3 Å². The summed E-state index contributed by atoms with van der Waals surface area (Å²) in [5, 5.41) is 92.5. The molecule has 53 heavy (non-hydrogen) atoms. The zero-order chi connectivity index (χ0) is 39.2. The van der Waals surface area contributed by atoms with Gasteiger partial charge in [-0.05, 0) is 26.7 Å². The number of unbranched alkanes of at least 4 members (excludes halogenated alkanes) is 3. The lowest BCUT2D eigenvalue weighted by Gasteiger charge is -2.49. The monoisotopic (exact) mass is 770 g/mol. The number of hydrogen-bond donors (Lipinski definition) is 12. The predicted octanol–water partition coefficient (Wildman–Crippen LogP) is -4.98. The van der Waals surface area contributed by atoms with E-state index in [-0.39, 0.29) is 18.6 Å². The molecule has 0 bridgehead atoms. The molecule has 0 aromatic heterocycles. The molecule has 1 unspecified atom stereocenters. The van der Waals surface area contributed by atoms with Crippen LogP contribution >= 0.6 is 0 Å². The van der Waals surface area contributed by atoms with Gasteiger partial charge in [0.15, 0.2) is 18.9 Å². The van der Waals surface area contributed by atoms with Crippen molar-refractivity contribution in [2.24, 2.45) is 5.73 Å². The number of nitrogens with one attached hydrogen (secondary N) is 3. The van der Waals surface area contributed by atoms with Gasteiger partial charge in [-0.15, -0.1) is 0 Å². The summed E-state index contributed by atoms with van der Waals surface area (Å²) in [7, 11) is 0. The Kier molecular flexibility index (Phi) is 19.6. The van der Waals surface area contributed by atoms with Crippen molar-refractivity contribution in [3.05, 3.63) is 0 Å². The molecule has 0 radical (unpaired) electrons. The van der Waals surface area contributed by atoms with Gasteiger partial charge < -0.3 is 91.0 Å². The van der Waals surface area contributed by atoms with Crippen LogP contribution in [0.15, 0.2) is 0 Å². The van der Waals surface area contributed by atoms with Gasteiger partial charge in [-0.1, -0.05) is 19.3 Å². The van der Waals surface area contributed by atoms with E-state index in [1.165, 1.54) is 6.92 Å². The van der Waals surface area contributed by atoms with Crippen molar-refractivity contribution in [2.75, 3.05) is 39.5 Å². The molecule has 3 aliphatic heterocycles. The van der Waals surface area contributed by atoms with Crippen LogP contribution in [0.25, 0.3) is 0 Å². The summed E-state index contributed by atoms with van der Waals surface area (Å²) in [6.45, 7) is 4.37. The molecule has 0 saturated carbocycles. The molecule has 3 aliphatic rings. The fourth-order valence-electron chi connectivity index (χ4n) is 6.47. The van der Waals surface area contributed by atoms with E-state index in [9.17, 15) is 50.4 Å². The normalized spacial score (nSPS) is 38.3. The van der Waals surface area contributed by atoms with Crippen LogP contribution in [0.5, 0.6) is 0 Å². The topological polar surface area (TPSA) is 313 Å². The molecule has 0 spiro atoms. The minimum absolute atomic E-state index is 0.00311. The highest BCUT2D eigenvalue weighted by Crippen LogP contribution is 2.33. The molecule has 3 rings (SSSR count). The molecule has 0 aliphatic carbocycles. The van der Waals surface area contributed by atoms with Crippen molar-refractivity contribution in [2.45, 2.75) is 157 Å². The Hall–Kier alpha value is -1.70. The minimum Gasteiger partial charge on any atom is -0.394 e. The first-order valence-electron chi connectivity index (χ1n) is 18.4. The Labute approximate surface area is 309 Å². The Morgan fingerprint density at radius 3 is 2.06 bits per heavy atom. The molecular formula is C33H62N4O16. The van der Waals surface area contributed by atoms with Gasteiger partial charge >= 0.3 is 0 Å². The van der Waals surface area contributed by atoms with Crippen LogP contribution in [-0.4, -0.2) is 190 Å². The number of carbonyl (C=O) groups is 2. The number of aliphatic hydroxyl groups excluding tert-OH is 8. The number of rotatable bonds is 21. The maximum atomic E-state index is 12.0. The highest BCUT2D eigenvalue weighted by molar-refractivity contribution is 5.75. The highest BCUT2D eigenvalue weighted by atomic mass is 16.8. The van der Waals surface area contributed by atoms with Crippen molar-refractivity contribution < 1.29 is 78.9 Å². The first-order valence-corrected chi connectivity index (χ1v) is 18.4. The van der Waals surface area contributed by atoms with Gasteiger partial charge in [0, 0.05) is 39.0 Å². The summed E-state index contributed by atoms with van der Waals surface area (Å²) < 4.78 is 35.4. The Morgan fingerprint density at radius 1 is 0.755 bits per heavy atom. The summed E-state index contributed by atoms with van der Waals surface area (Å²) >= 11 is 0. The minimum atomic E-state index is -1.78. The summed E-state index contributed by atoms with van der Waals surface area (Å²) in [6, 6.07) is -1.31. The van der Waals surface area contributed by atoms with Crippen LogP contribution in [0.4, 0.5) is 0 Å².